The third-order valence-corrected chi connectivity index (χ3v) is 3.63. The zero-order valence-electron chi connectivity index (χ0n) is 12.8. The second-order valence-electron chi connectivity index (χ2n) is 5.23. The number of pyridine rings is 1. The van der Waals surface area contributed by atoms with Crippen LogP contribution in [-0.2, 0) is 4.74 Å². The van der Waals surface area contributed by atoms with Gasteiger partial charge in [-0.2, -0.15) is 5.10 Å². The van der Waals surface area contributed by atoms with Crippen molar-refractivity contribution >= 4 is 23.4 Å². The topological polar surface area (TPSA) is 97.8 Å². The smallest absolute Gasteiger partial charge is 0.242 e. The van der Waals surface area contributed by atoms with Crippen LogP contribution in [0.2, 0.25) is 0 Å². The van der Waals surface area contributed by atoms with Gasteiger partial charge in [-0.25, -0.2) is 9.97 Å². The number of fused-ring (bicyclic) bond motifs is 1. The van der Waals surface area contributed by atoms with Crippen molar-refractivity contribution in [3.05, 3.63) is 30.9 Å². The van der Waals surface area contributed by atoms with Crippen LogP contribution in [0.1, 0.15) is 0 Å². The standard InChI is InChI=1S/C15H16N6O2.ClH/c1-2-18-14-13(17-1)5-12(10-6-19-20-7-10)21-15(14)23-9-11-8-16-3-4-22-11;/h1-2,5-7,11,16H,3-4,8-9H2,(H,19,20);1H/t11-;/m0./s1. The molecule has 1 atom stereocenters. The normalized spacial score (nSPS) is 17.4. The molecule has 0 amide bonds. The van der Waals surface area contributed by atoms with E-state index in [2.05, 4.69) is 30.5 Å². The first kappa shape index (κ1) is 16.6. The van der Waals surface area contributed by atoms with Gasteiger partial charge in [-0.1, -0.05) is 0 Å². The van der Waals surface area contributed by atoms with Gasteiger partial charge in [0.15, 0.2) is 5.52 Å². The first-order valence-electron chi connectivity index (χ1n) is 7.46. The summed E-state index contributed by atoms with van der Waals surface area (Å²) in [5, 5.41) is 10.0. The number of H-pyrrole nitrogens is 1. The minimum absolute atomic E-state index is 0. The lowest BCUT2D eigenvalue weighted by atomic mass is 10.2. The molecule has 0 aromatic carbocycles. The average molecular weight is 349 g/mol. The van der Waals surface area contributed by atoms with Crippen LogP contribution in [0.25, 0.3) is 22.3 Å². The Bertz CT molecular complexity index is 792. The summed E-state index contributed by atoms with van der Waals surface area (Å²) in [6.45, 7) is 2.75. The number of ether oxygens (including phenoxy) is 2. The summed E-state index contributed by atoms with van der Waals surface area (Å²) in [7, 11) is 0. The lowest BCUT2D eigenvalue weighted by Gasteiger charge is -2.23. The Morgan fingerprint density at radius 2 is 2.21 bits per heavy atom. The van der Waals surface area contributed by atoms with Gasteiger partial charge in [0, 0.05) is 37.2 Å². The largest absolute Gasteiger partial charge is 0.473 e. The van der Waals surface area contributed by atoms with Crippen molar-refractivity contribution in [3.63, 3.8) is 0 Å². The molecule has 0 spiro atoms. The lowest BCUT2D eigenvalue weighted by Crippen LogP contribution is -2.41. The fourth-order valence-corrected chi connectivity index (χ4v) is 2.48. The van der Waals surface area contributed by atoms with Crippen LogP contribution < -0.4 is 10.1 Å². The number of nitrogens with one attached hydrogen (secondary N) is 2. The molecule has 2 N–H and O–H groups in total. The maximum absolute atomic E-state index is 5.89. The number of aromatic amines is 1. The minimum atomic E-state index is 0. The van der Waals surface area contributed by atoms with Crippen molar-refractivity contribution in [1.82, 2.24) is 30.5 Å². The van der Waals surface area contributed by atoms with Crippen molar-refractivity contribution in [3.8, 4) is 17.1 Å². The van der Waals surface area contributed by atoms with Gasteiger partial charge >= 0.3 is 0 Å². The van der Waals surface area contributed by atoms with Crippen molar-refractivity contribution in [2.45, 2.75) is 6.10 Å². The van der Waals surface area contributed by atoms with Gasteiger partial charge in [-0.15, -0.1) is 12.4 Å². The summed E-state index contributed by atoms with van der Waals surface area (Å²) in [5.41, 5.74) is 2.99. The maximum atomic E-state index is 5.89. The van der Waals surface area contributed by atoms with E-state index in [-0.39, 0.29) is 18.5 Å². The van der Waals surface area contributed by atoms with Gasteiger partial charge in [0.1, 0.15) is 12.7 Å². The Hall–Kier alpha value is -2.29. The summed E-state index contributed by atoms with van der Waals surface area (Å²) < 4.78 is 11.5. The molecule has 4 heterocycles. The van der Waals surface area contributed by atoms with Crippen molar-refractivity contribution in [2.24, 2.45) is 0 Å². The van der Waals surface area contributed by atoms with Gasteiger partial charge in [0.05, 0.1) is 24.0 Å². The lowest BCUT2D eigenvalue weighted by molar-refractivity contribution is -0.000407. The molecule has 0 radical (unpaired) electrons. The molecule has 8 nitrogen and oxygen atoms in total. The molecule has 1 fully saturated rings. The third-order valence-electron chi connectivity index (χ3n) is 3.63. The highest BCUT2D eigenvalue weighted by molar-refractivity contribution is 5.85. The molecule has 126 valence electrons. The molecule has 1 saturated heterocycles. The molecule has 0 saturated carbocycles. The molecule has 1 aliphatic heterocycles. The molecule has 1 aliphatic rings. The summed E-state index contributed by atoms with van der Waals surface area (Å²) in [5.74, 6) is 0.459. The number of rotatable bonds is 4. The summed E-state index contributed by atoms with van der Waals surface area (Å²) in [6.07, 6.45) is 6.78. The van der Waals surface area contributed by atoms with E-state index in [0.717, 1.165) is 29.9 Å². The number of hydrogen-bond donors (Lipinski definition) is 2. The molecule has 0 unspecified atom stereocenters. The van der Waals surface area contributed by atoms with Crippen LogP contribution in [0.5, 0.6) is 5.88 Å². The van der Waals surface area contributed by atoms with Crippen molar-refractivity contribution in [1.29, 1.82) is 0 Å². The Morgan fingerprint density at radius 3 is 3.00 bits per heavy atom. The SMILES string of the molecule is Cl.c1cnc2c(OC[C@@H]3CNCCO3)nc(-c3cn[nH]c3)cc2n1. The second kappa shape index (κ2) is 7.52. The van der Waals surface area contributed by atoms with E-state index >= 15 is 0 Å². The van der Waals surface area contributed by atoms with E-state index in [0.29, 0.717) is 24.6 Å². The first-order chi connectivity index (χ1) is 11.4. The van der Waals surface area contributed by atoms with Crippen molar-refractivity contribution in [2.75, 3.05) is 26.3 Å². The average Bonchev–Trinajstić information content (AvgIpc) is 3.15. The molecule has 0 bridgehead atoms. The third kappa shape index (κ3) is 3.45. The van der Waals surface area contributed by atoms with E-state index in [1.807, 2.05) is 6.07 Å². The highest BCUT2D eigenvalue weighted by Gasteiger charge is 2.17. The van der Waals surface area contributed by atoms with Crippen molar-refractivity contribution < 1.29 is 9.47 Å². The van der Waals surface area contributed by atoms with Crippen LogP contribution in [-0.4, -0.2) is 57.6 Å². The fraction of sp³-hybridized carbons (Fsp3) is 0.333. The van der Waals surface area contributed by atoms with Crippen LogP contribution in [0, 0.1) is 0 Å². The van der Waals surface area contributed by atoms with Crippen LogP contribution >= 0.6 is 12.4 Å². The van der Waals surface area contributed by atoms with Gasteiger partial charge in [-0.05, 0) is 6.07 Å². The number of aromatic nitrogens is 5. The van der Waals surface area contributed by atoms with Gasteiger partial charge in [0.2, 0.25) is 5.88 Å². The van der Waals surface area contributed by atoms with E-state index in [1.54, 1.807) is 24.8 Å². The Morgan fingerprint density at radius 1 is 1.29 bits per heavy atom. The summed E-state index contributed by atoms with van der Waals surface area (Å²) in [4.78, 5) is 13.3. The predicted molar refractivity (Wildman–Crippen MR) is 90.3 cm³/mol. The molecule has 3 aromatic heterocycles. The zero-order valence-corrected chi connectivity index (χ0v) is 13.6. The molecule has 0 aliphatic carbocycles. The Kier molecular flexibility index (Phi) is 5.19. The Balaban J connectivity index is 0.00000169. The molecular weight excluding hydrogens is 332 g/mol. The van der Waals surface area contributed by atoms with E-state index < -0.39 is 0 Å². The van der Waals surface area contributed by atoms with Gasteiger partial charge in [-0.3, -0.25) is 10.1 Å². The fourth-order valence-electron chi connectivity index (χ4n) is 2.48. The van der Waals surface area contributed by atoms with Crippen LogP contribution in [0.3, 0.4) is 0 Å². The molecule has 9 heteroatoms. The maximum Gasteiger partial charge on any atom is 0.242 e. The summed E-state index contributed by atoms with van der Waals surface area (Å²) >= 11 is 0. The highest BCUT2D eigenvalue weighted by atomic mass is 35.5. The second-order valence-corrected chi connectivity index (χ2v) is 5.23. The van der Waals surface area contributed by atoms with E-state index in [9.17, 15) is 0 Å². The predicted octanol–water partition coefficient (Wildman–Crippen LogP) is 1.20. The van der Waals surface area contributed by atoms with Gasteiger partial charge < -0.3 is 14.8 Å². The number of hydrogen-bond acceptors (Lipinski definition) is 7. The van der Waals surface area contributed by atoms with Crippen LogP contribution in [0.15, 0.2) is 30.9 Å². The monoisotopic (exact) mass is 348 g/mol. The molecule has 3 aromatic rings. The number of nitrogens with zero attached hydrogens (tertiary/aromatic N) is 4. The molecule has 4 rings (SSSR count). The summed E-state index contributed by atoms with van der Waals surface area (Å²) in [6, 6.07) is 1.87. The number of morpholine rings is 1. The molecule has 24 heavy (non-hydrogen) atoms. The van der Waals surface area contributed by atoms with E-state index in [4.69, 9.17) is 9.47 Å². The zero-order chi connectivity index (χ0) is 15.5. The first-order valence-corrected chi connectivity index (χ1v) is 7.46. The van der Waals surface area contributed by atoms with Crippen LogP contribution in [0.4, 0.5) is 0 Å². The quantitative estimate of drug-likeness (QED) is 0.731. The number of halogens is 1. The Labute approximate surface area is 144 Å². The minimum Gasteiger partial charge on any atom is -0.473 e. The highest BCUT2D eigenvalue weighted by Crippen LogP contribution is 2.26. The van der Waals surface area contributed by atoms with Gasteiger partial charge in [0.25, 0.3) is 0 Å². The molecular formula is C15H17ClN6O2. The van der Waals surface area contributed by atoms with E-state index in [1.165, 1.54) is 0 Å².